The van der Waals surface area contributed by atoms with Crippen molar-refractivity contribution in [3.63, 3.8) is 0 Å². The first-order chi connectivity index (χ1) is 10.6. The van der Waals surface area contributed by atoms with Gasteiger partial charge in [0, 0.05) is 5.69 Å². The van der Waals surface area contributed by atoms with Crippen LogP contribution in [0.4, 0.5) is 10.1 Å². The number of carbonyl (C=O) groups excluding carboxylic acids is 1. The van der Waals surface area contributed by atoms with Crippen LogP contribution in [0.1, 0.15) is 12.0 Å². The summed E-state index contributed by atoms with van der Waals surface area (Å²) >= 11 is 0. The first kappa shape index (κ1) is 15.8. The summed E-state index contributed by atoms with van der Waals surface area (Å²) in [6, 6.07) is 11.8. The van der Waals surface area contributed by atoms with Crippen LogP contribution in [0.5, 0.6) is 11.5 Å². The Balaban J connectivity index is 1.84. The van der Waals surface area contributed by atoms with Crippen molar-refractivity contribution >= 4 is 11.6 Å². The topological polar surface area (TPSA) is 47.6 Å². The van der Waals surface area contributed by atoms with Gasteiger partial charge in [0.1, 0.15) is 5.82 Å². The number of hydrogen-bond acceptors (Lipinski definition) is 3. The van der Waals surface area contributed by atoms with Crippen molar-refractivity contribution in [1.29, 1.82) is 0 Å². The number of methoxy groups -OCH3 is 1. The van der Waals surface area contributed by atoms with Crippen molar-refractivity contribution < 1.29 is 18.7 Å². The smallest absolute Gasteiger partial charge is 0.227 e. The van der Waals surface area contributed by atoms with Gasteiger partial charge in [0.15, 0.2) is 11.5 Å². The Morgan fingerprint density at radius 2 is 1.91 bits per heavy atom. The van der Waals surface area contributed by atoms with Gasteiger partial charge >= 0.3 is 0 Å². The summed E-state index contributed by atoms with van der Waals surface area (Å²) in [6.07, 6.45) is 0.160. The second kappa shape index (κ2) is 7.45. The number of nitrogens with one attached hydrogen (secondary N) is 1. The van der Waals surface area contributed by atoms with E-state index in [4.69, 9.17) is 9.47 Å². The molecule has 0 heterocycles. The van der Waals surface area contributed by atoms with Crippen LogP contribution in [0, 0.1) is 12.7 Å². The molecule has 0 saturated heterocycles. The Hall–Kier alpha value is -2.56. The largest absolute Gasteiger partial charge is 0.493 e. The van der Waals surface area contributed by atoms with Gasteiger partial charge in [0.05, 0.1) is 20.1 Å². The zero-order valence-electron chi connectivity index (χ0n) is 12.6. The molecule has 1 amide bonds. The molecular formula is C17H18FNO3. The first-order valence-corrected chi connectivity index (χ1v) is 6.92. The number of amides is 1. The highest BCUT2D eigenvalue weighted by atomic mass is 19.1. The van der Waals surface area contributed by atoms with E-state index < -0.39 is 0 Å². The molecule has 0 radical (unpaired) electrons. The van der Waals surface area contributed by atoms with Crippen LogP contribution in [0.25, 0.3) is 0 Å². The van der Waals surface area contributed by atoms with Gasteiger partial charge < -0.3 is 14.8 Å². The summed E-state index contributed by atoms with van der Waals surface area (Å²) < 4.78 is 24.1. The minimum absolute atomic E-state index is 0.160. The number of ether oxygens (including phenoxy) is 2. The molecule has 0 aliphatic heterocycles. The molecule has 0 aliphatic rings. The third kappa shape index (κ3) is 4.22. The summed E-state index contributed by atoms with van der Waals surface area (Å²) in [4.78, 5) is 11.8. The highest BCUT2D eigenvalue weighted by Crippen LogP contribution is 2.25. The third-order valence-electron chi connectivity index (χ3n) is 3.11. The van der Waals surface area contributed by atoms with E-state index >= 15 is 0 Å². The number of benzene rings is 2. The van der Waals surface area contributed by atoms with Crippen LogP contribution in [0.3, 0.4) is 0 Å². The van der Waals surface area contributed by atoms with Gasteiger partial charge in [0.25, 0.3) is 0 Å². The molecule has 5 heteroatoms. The minimum Gasteiger partial charge on any atom is -0.493 e. The maximum absolute atomic E-state index is 13.4. The second-order valence-electron chi connectivity index (χ2n) is 4.76. The number of anilines is 1. The minimum atomic E-state index is -0.344. The Morgan fingerprint density at radius 1 is 1.18 bits per heavy atom. The predicted molar refractivity (Wildman–Crippen MR) is 82.9 cm³/mol. The zero-order valence-corrected chi connectivity index (χ0v) is 12.6. The van der Waals surface area contributed by atoms with Crippen molar-refractivity contribution in [2.24, 2.45) is 0 Å². The fourth-order valence-corrected chi connectivity index (χ4v) is 1.89. The SMILES string of the molecule is COc1ccccc1OCCC(=O)Nc1ccc(C)c(F)c1. The van der Waals surface area contributed by atoms with Crippen LogP contribution in [0.15, 0.2) is 42.5 Å². The third-order valence-corrected chi connectivity index (χ3v) is 3.11. The van der Waals surface area contributed by atoms with Crippen LogP contribution < -0.4 is 14.8 Å². The first-order valence-electron chi connectivity index (χ1n) is 6.92. The fourth-order valence-electron chi connectivity index (χ4n) is 1.89. The van der Waals surface area contributed by atoms with E-state index in [-0.39, 0.29) is 24.8 Å². The normalized spacial score (nSPS) is 10.1. The molecule has 0 fully saturated rings. The van der Waals surface area contributed by atoms with Crippen molar-refractivity contribution in [2.75, 3.05) is 19.0 Å². The Bertz CT molecular complexity index is 658. The van der Waals surface area contributed by atoms with E-state index in [0.29, 0.717) is 22.7 Å². The van der Waals surface area contributed by atoms with E-state index in [1.165, 1.54) is 6.07 Å². The van der Waals surface area contributed by atoms with Gasteiger partial charge in [-0.3, -0.25) is 4.79 Å². The molecule has 0 bridgehead atoms. The van der Waals surface area contributed by atoms with Gasteiger partial charge in [-0.05, 0) is 36.8 Å². The summed E-state index contributed by atoms with van der Waals surface area (Å²) in [7, 11) is 1.56. The lowest BCUT2D eigenvalue weighted by molar-refractivity contribution is -0.116. The van der Waals surface area contributed by atoms with Crippen LogP contribution in [0.2, 0.25) is 0 Å². The molecule has 2 rings (SSSR count). The summed E-state index contributed by atoms with van der Waals surface area (Å²) in [5.41, 5.74) is 0.975. The molecule has 0 unspecified atom stereocenters. The Labute approximate surface area is 128 Å². The molecule has 2 aromatic rings. The lowest BCUT2D eigenvalue weighted by atomic mass is 10.2. The van der Waals surface area contributed by atoms with E-state index in [9.17, 15) is 9.18 Å². The molecule has 0 aromatic heterocycles. The van der Waals surface area contributed by atoms with Crippen LogP contribution in [-0.4, -0.2) is 19.6 Å². The van der Waals surface area contributed by atoms with Crippen molar-refractivity contribution in [3.8, 4) is 11.5 Å². The maximum Gasteiger partial charge on any atom is 0.227 e. The second-order valence-corrected chi connectivity index (χ2v) is 4.76. The van der Waals surface area contributed by atoms with Gasteiger partial charge in [-0.2, -0.15) is 0 Å². The monoisotopic (exact) mass is 303 g/mol. The predicted octanol–water partition coefficient (Wildman–Crippen LogP) is 3.55. The lowest BCUT2D eigenvalue weighted by Gasteiger charge is -2.10. The molecule has 22 heavy (non-hydrogen) atoms. The Kier molecular flexibility index (Phi) is 5.36. The molecule has 4 nitrogen and oxygen atoms in total. The number of hydrogen-bond donors (Lipinski definition) is 1. The van der Waals surface area contributed by atoms with Gasteiger partial charge in [0.2, 0.25) is 5.91 Å². The standard InChI is InChI=1S/C17H18FNO3/c1-12-7-8-13(11-14(12)18)19-17(20)9-10-22-16-6-4-3-5-15(16)21-2/h3-8,11H,9-10H2,1-2H3,(H,19,20). The van der Waals surface area contributed by atoms with Crippen LogP contribution in [-0.2, 0) is 4.79 Å². The molecule has 1 N–H and O–H groups in total. The number of halogens is 1. The van der Waals surface area contributed by atoms with Crippen molar-refractivity contribution in [1.82, 2.24) is 0 Å². The molecular weight excluding hydrogens is 285 g/mol. The molecule has 0 spiro atoms. The number of aryl methyl sites for hydroxylation is 1. The molecule has 116 valence electrons. The van der Waals surface area contributed by atoms with E-state index in [2.05, 4.69) is 5.32 Å². The van der Waals surface area contributed by atoms with Crippen LogP contribution >= 0.6 is 0 Å². The highest BCUT2D eigenvalue weighted by Gasteiger charge is 2.07. The highest BCUT2D eigenvalue weighted by molar-refractivity contribution is 5.90. The van der Waals surface area contributed by atoms with Crippen molar-refractivity contribution in [3.05, 3.63) is 53.8 Å². The number of rotatable bonds is 6. The molecule has 0 aliphatic carbocycles. The number of para-hydroxylation sites is 2. The fraction of sp³-hybridized carbons (Fsp3) is 0.235. The van der Waals surface area contributed by atoms with Gasteiger partial charge in [-0.15, -0.1) is 0 Å². The number of carbonyl (C=O) groups is 1. The molecule has 2 aromatic carbocycles. The van der Waals surface area contributed by atoms with E-state index in [1.807, 2.05) is 12.1 Å². The molecule has 0 saturated carbocycles. The summed E-state index contributed by atoms with van der Waals surface area (Å²) in [5, 5.41) is 2.63. The molecule has 0 atom stereocenters. The van der Waals surface area contributed by atoms with E-state index in [0.717, 1.165) is 0 Å². The van der Waals surface area contributed by atoms with E-state index in [1.54, 1.807) is 38.3 Å². The maximum atomic E-state index is 13.4. The van der Waals surface area contributed by atoms with Gasteiger partial charge in [-0.25, -0.2) is 4.39 Å². The average Bonchev–Trinajstić information content (AvgIpc) is 2.51. The quantitative estimate of drug-likeness (QED) is 0.887. The van der Waals surface area contributed by atoms with Gasteiger partial charge in [-0.1, -0.05) is 18.2 Å². The Morgan fingerprint density at radius 3 is 2.59 bits per heavy atom. The van der Waals surface area contributed by atoms with Crippen molar-refractivity contribution in [2.45, 2.75) is 13.3 Å². The summed E-state index contributed by atoms with van der Waals surface area (Å²) in [6.45, 7) is 1.88. The average molecular weight is 303 g/mol. The summed E-state index contributed by atoms with van der Waals surface area (Å²) in [5.74, 6) is 0.615. The lowest BCUT2D eigenvalue weighted by Crippen LogP contribution is -2.15. The zero-order chi connectivity index (χ0) is 15.9.